The van der Waals surface area contributed by atoms with Crippen LogP contribution in [0.5, 0.6) is 0 Å². The van der Waals surface area contributed by atoms with E-state index >= 15 is 0 Å². The number of aryl methyl sites for hydroxylation is 1. The molecular formula is C20H19ClFN5O. The molecule has 144 valence electrons. The molecule has 1 fully saturated rings. The topological polar surface area (TPSA) is 63.1 Å². The third kappa shape index (κ3) is 3.63. The van der Waals surface area contributed by atoms with Crippen molar-refractivity contribution in [2.45, 2.75) is 13.0 Å². The molecule has 1 aliphatic rings. The number of aromatic nitrogens is 3. The SMILES string of the molecule is Cc1nc(C(=O)N2CCNCC2c2cccc(Cl)c2)nn1-c1ccc(F)cc1. The van der Waals surface area contributed by atoms with Crippen molar-refractivity contribution in [2.24, 2.45) is 0 Å². The van der Waals surface area contributed by atoms with Gasteiger partial charge in [0.05, 0.1) is 11.7 Å². The molecule has 0 saturated carbocycles. The summed E-state index contributed by atoms with van der Waals surface area (Å²) < 4.78 is 14.7. The lowest BCUT2D eigenvalue weighted by molar-refractivity contribution is 0.0621. The number of nitrogens with zero attached hydrogens (tertiary/aromatic N) is 4. The quantitative estimate of drug-likeness (QED) is 0.734. The van der Waals surface area contributed by atoms with E-state index in [2.05, 4.69) is 15.4 Å². The van der Waals surface area contributed by atoms with Crippen molar-refractivity contribution in [1.82, 2.24) is 25.0 Å². The van der Waals surface area contributed by atoms with Gasteiger partial charge in [-0.2, -0.15) is 0 Å². The minimum Gasteiger partial charge on any atom is -0.326 e. The van der Waals surface area contributed by atoms with Crippen LogP contribution in [0.1, 0.15) is 28.0 Å². The normalized spacial score (nSPS) is 17.0. The van der Waals surface area contributed by atoms with Gasteiger partial charge in [0.15, 0.2) is 0 Å². The summed E-state index contributed by atoms with van der Waals surface area (Å²) in [5.41, 5.74) is 1.61. The first kappa shape index (κ1) is 18.6. The van der Waals surface area contributed by atoms with E-state index in [0.717, 1.165) is 5.56 Å². The smallest absolute Gasteiger partial charge is 0.294 e. The number of benzene rings is 2. The fourth-order valence-electron chi connectivity index (χ4n) is 3.40. The summed E-state index contributed by atoms with van der Waals surface area (Å²) in [5.74, 6) is 0.110. The van der Waals surface area contributed by atoms with Gasteiger partial charge in [-0.15, -0.1) is 5.10 Å². The zero-order chi connectivity index (χ0) is 19.7. The van der Waals surface area contributed by atoms with Crippen molar-refractivity contribution >= 4 is 17.5 Å². The maximum atomic E-state index is 13.2. The summed E-state index contributed by atoms with van der Waals surface area (Å²) in [4.78, 5) is 19.3. The van der Waals surface area contributed by atoms with Crippen LogP contribution in [0.4, 0.5) is 4.39 Å². The van der Waals surface area contributed by atoms with Gasteiger partial charge < -0.3 is 10.2 Å². The molecule has 1 aromatic heterocycles. The lowest BCUT2D eigenvalue weighted by atomic mass is 10.0. The van der Waals surface area contributed by atoms with Gasteiger partial charge in [-0.1, -0.05) is 23.7 Å². The van der Waals surface area contributed by atoms with Crippen molar-refractivity contribution in [3.63, 3.8) is 0 Å². The molecule has 2 heterocycles. The molecule has 6 nitrogen and oxygen atoms in total. The number of hydrogen-bond acceptors (Lipinski definition) is 4. The van der Waals surface area contributed by atoms with E-state index in [9.17, 15) is 9.18 Å². The van der Waals surface area contributed by atoms with Crippen LogP contribution in [-0.4, -0.2) is 45.2 Å². The van der Waals surface area contributed by atoms with E-state index in [0.29, 0.717) is 36.2 Å². The molecule has 28 heavy (non-hydrogen) atoms. The first-order valence-corrected chi connectivity index (χ1v) is 9.37. The number of rotatable bonds is 3. The highest BCUT2D eigenvalue weighted by Crippen LogP contribution is 2.26. The summed E-state index contributed by atoms with van der Waals surface area (Å²) in [7, 11) is 0. The van der Waals surface area contributed by atoms with Crippen LogP contribution in [0.25, 0.3) is 5.69 Å². The van der Waals surface area contributed by atoms with Gasteiger partial charge in [-0.3, -0.25) is 4.79 Å². The fraction of sp³-hybridized carbons (Fsp3) is 0.250. The lowest BCUT2D eigenvalue weighted by Gasteiger charge is -2.36. The highest BCUT2D eigenvalue weighted by molar-refractivity contribution is 6.30. The summed E-state index contributed by atoms with van der Waals surface area (Å²) in [5, 5.41) is 8.32. The molecule has 0 spiro atoms. The summed E-state index contributed by atoms with van der Waals surface area (Å²) in [6.07, 6.45) is 0. The molecule has 1 atom stereocenters. The highest BCUT2D eigenvalue weighted by atomic mass is 35.5. The average Bonchev–Trinajstić information content (AvgIpc) is 3.10. The Hall–Kier alpha value is -2.77. The number of carbonyl (C=O) groups excluding carboxylic acids is 1. The maximum absolute atomic E-state index is 13.2. The Kier molecular flexibility index (Phi) is 5.11. The number of piperazine rings is 1. The van der Waals surface area contributed by atoms with Crippen LogP contribution in [0.2, 0.25) is 5.02 Å². The van der Waals surface area contributed by atoms with Crippen LogP contribution in [-0.2, 0) is 0 Å². The van der Waals surface area contributed by atoms with Crippen molar-refractivity contribution in [3.8, 4) is 5.69 Å². The van der Waals surface area contributed by atoms with Crippen molar-refractivity contribution in [2.75, 3.05) is 19.6 Å². The van der Waals surface area contributed by atoms with Crippen molar-refractivity contribution < 1.29 is 9.18 Å². The summed E-state index contributed by atoms with van der Waals surface area (Å²) in [6.45, 7) is 3.63. The Morgan fingerprint density at radius 1 is 1.25 bits per heavy atom. The monoisotopic (exact) mass is 399 g/mol. The Labute approximate surface area is 166 Å². The molecule has 0 aliphatic carbocycles. The van der Waals surface area contributed by atoms with Crippen LogP contribution < -0.4 is 5.32 Å². The van der Waals surface area contributed by atoms with Gasteiger partial charge >= 0.3 is 0 Å². The molecule has 4 rings (SSSR count). The molecular weight excluding hydrogens is 381 g/mol. The van der Waals surface area contributed by atoms with Crippen LogP contribution in [0.3, 0.4) is 0 Å². The van der Waals surface area contributed by atoms with Gasteiger partial charge in [0.1, 0.15) is 11.6 Å². The van der Waals surface area contributed by atoms with Crippen LogP contribution in [0, 0.1) is 12.7 Å². The number of hydrogen-bond donors (Lipinski definition) is 1. The molecule has 0 bridgehead atoms. The predicted octanol–water partition coefficient (Wildman–Crippen LogP) is 3.15. The van der Waals surface area contributed by atoms with Crippen molar-refractivity contribution in [3.05, 3.63) is 76.6 Å². The average molecular weight is 400 g/mol. The van der Waals surface area contributed by atoms with Gasteiger partial charge in [-0.25, -0.2) is 14.1 Å². The third-order valence-electron chi connectivity index (χ3n) is 4.77. The standard InChI is InChI=1S/C20H19ClFN5O/c1-13-24-19(25-27(13)17-7-5-16(22)6-8-17)20(28)26-10-9-23-12-18(26)14-3-2-4-15(21)11-14/h2-8,11,18,23H,9-10,12H2,1H3. The van der Waals surface area contributed by atoms with Crippen LogP contribution in [0.15, 0.2) is 48.5 Å². The Morgan fingerprint density at radius 2 is 2.04 bits per heavy atom. The fourth-order valence-corrected chi connectivity index (χ4v) is 3.59. The Bertz CT molecular complexity index is 1000. The second-order valence-corrected chi connectivity index (χ2v) is 7.08. The molecule has 0 radical (unpaired) electrons. The molecule has 1 unspecified atom stereocenters. The van der Waals surface area contributed by atoms with E-state index in [1.807, 2.05) is 24.3 Å². The summed E-state index contributed by atoms with van der Waals surface area (Å²) >= 11 is 6.13. The minimum absolute atomic E-state index is 0.121. The third-order valence-corrected chi connectivity index (χ3v) is 5.00. The van der Waals surface area contributed by atoms with Gasteiger partial charge in [0.25, 0.3) is 5.91 Å². The maximum Gasteiger partial charge on any atom is 0.294 e. The van der Waals surface area contributed by atoms with E-state index in [4.69, 9.17) is 11.6 Å². The molecule has 1 N–H and O–H groups in total. The van der Waals surface area contributed by atoms with Crippen molar-refractivity contribution in [1.29, 1.82) is 0 Å². The van der Waals surface area contributed by atoms with Gasteiger partial charge in [-0.05, 0) is 48.9 Å². The number of halogens is 2. The molecule has 1 aliphatic heterocycles. The number of amides is 1. The molecule has 8 heteroatoms. The molecule has 2 aromatic carbocycles. The van der Waals surface area contributed by atoms with E-state index in [1.54, 1.807) is 28.6 Å². The summed E-state index contributed by atoms with van der Waals surface area (Å²) in [6, 6.07) is 13.3. The van der Waals surface area contributed by atoms with Gasteiger partial charge in [0.2, 0.25) is 5.82 Å². The zero-order valence-electron chi connectivity index (χ0n) is 15.3. The number of nitrogens with one attached hydrogen (secondary N) is 1. The van der Waals surface area contributed by atoms with Crippen LogP contribution >= 0.6 is 11.6 Å². The Balaban J connectivity index is 1.64. The second-order valence-electron chi connectivity index (χ2n) is 6.64. The minimum atomic E-state index is -0.331. The molecule has 1 saturated heterocycles. The predicted molar refractivity (Wildman–Crippen MR) is 104 cm³/mol. The van der Waals surface area contributed by atoms with E-state index < -0.39 is 0 Å². The molecule has 1 amide bonds. The van der Waals surface area contributed by atoms with Gasteiger partial charge in [0, 0.05) is 24.7 Å². The lowest BCUT2D eigenvalue weighted by Crippen LogP contribution is -2.49. The van der Waals surface area contributed by atoms with E-state index in [1.165, 1.54) is 12.1 Å². The highest BCUT2D eigenvalue weighted by Gasteiger charge is 2.31. The van der Waals surface area contributed by atoms with E-state index in [-0.39, 0.29) is 23.6 Å². The Morgan fingerprint density at radius 3 is 2.79 bits per heavy atom. The zero-order valence-corrected chi connectivity index (χ0v) is 16.0. The number of carbonyl (C=O) groups is 1. The first-order valence-electron chi connectivity index (χ1n) is 8.99. The molecule has 3 aromatic rings. The largest absolute Gasteiger partial charge is 0.326 e. The second kappa shape index (κ2) is 7.69. The first-order chi connectivity index (χ1) is 13.5.